The minimum atomic E-state index is -0.142. The fraction of sp³-hybridized carbons (Fsp3) is 0.600. The van der Waals surface area contributed by atoms with E-state index in [-0.39, 0.29) is 18.5 Å². The first-order chi connectivity index (χ1) is 7.15. The van der Waals surface area contributed by atoms with Crippen LogP contribution in [0.1, 0.15) is 42.6 Å². The zero-order chi connectivity index (χ0) is 11.3. The molecule has 0 bridgehead atoms. The van der Waals surface area contributed by atoms with Gasteiger partial charge in [-0.2, -0.15) is 5.10 Å². The molecule has 2 N–H and O–H groups in total. The van der Waals surface area contributed by atoms with Crippen LogP contribution in [0.15, 0.2) is 6.07 Å². The van der Waals surface area contributed by atoms with Crippen LogP contribution in [0.2, 0.25) is 0 Å². The molecule has 1 aromatic heterocycles. The van der Waals surface area contributed by atoms with E-state index in [1.165, 1.54) is 6.92 Å². The maximum absolute atomic E-state index is 11.0. The second-order valence-corrected chi connectivity index (χ2v) is 3.35. The lowest BCUT2D eigenvalue weighted by Crippen LogP contribution is -2.03. The van der Waals surface area contributed by atoms with Crippen molar-refractivity contribution in [2.75, 3.05) is 13.2 Å². The van der Waals surface area contributed by atoms with Crippen molar-refractivity contribution < 1.29 is 14.6 Å². The number of aromatic amines is 1. The van der Waals surface area contributed by atoms with Crippen molar-refractivity contribution in [3.63, 3.8) is 0 Å². The van der Waals surface area contributed by atoms with Gasteiger partial charge in [-0.1, -0.05) is 0 Å². The summed E-state index contributed by atoms with van der Waals surface area (Å²) in [6, 6.07) is 1.69. The number of ether oxygens (including phenoxy) is 1. The third kappa shape index (κ3) is 3.45. The van der Waals surface area contributed by atoms with Gasteiger partial charge in [0.1, 0.15) is 5.69 Å². The monoisotopic (exact) mass is 212 g/mol. The molecule has 15 heavy (non-hydrogen) atoms. The second kappa shape index (κ2) is 5.63. The number of Topliss-reactive ketones (excluding diaryl/α,β-unsaturated/α-hetero) is 1. The lowest BCUT2D eigenvalue weighted by molar-refractivity contribution is 0.0527. The van der Waals surface area contributed by atoms with Gasteiger partial charge < -0.3 is 9.84 Å². The Kier molecular flexibility index (Phi) is 4.45. The Balaban J connectivity index is 2.50. The minimum absolute atomic E-state index is 0.0694. The van der Waals surface area contributed by atoms with Crippen LogP contribution in [0.25, 0.3) is 0 Å². The van der Waals surface area contributed by atoms with Crippen LogP contribution in [0.5, 0.6) is 0 Å². The molecule has 5 nitrogen and oxygen atoms in total. The fourth-order valence-corrected chi connectivity index (χ4v) is 1.14. The largest absolute Gasteiger partial charge is 0.396 e. The highest BCUT2D eigenvalue weighted by atomic mass is 16.5. The van der Waals surface area contributed by atoms with E-state index in [1.807, 2.05) is 6.92 Å². The standard InChI is InChI=1S/C10H16N2O3/c1-7(14)9-6-10(12-11-9)8(2)15-5-3-4-13/h6,8,13H,3-5H2,1-2H3,(H,11,12). The highest BCUT2D eigenvalue weighted by Crippen LogP contribution is 2.15. The Bertz CT molecular complexity index is 322. The molecule has 0 amide bonds. The Morgan fingerprint density at radius 1 is 1.73 bits per heavy atom. The van der Waals surface area contributed by atoms with Gasteiger partial charge in [0.15, 0.2) is 5.78 Å². The van der Waals surface area contributed by atoms with Crippen molar-refractivity contribution in [1.82, 2.24) is 10.2 Å². The Labute approximate surface area is 88.5 Å². The molecule has 5 heteroatoms. The van der Waals surface area contributed by atoms with E-state index in [4.69, 9.17) is 9.84 Å². The molecule has 1 heterocycles. The summed E-state index contributed by atoms with van der Waals surface area (Å²) in [5.41, 5.74) is 1.20. The van der Waals surface area contributed by atoms with Crippen LogP contribution in [0, 0.1) is 0 Å². The molecule has 0 radical (unpaired) electrons. The molecule has 0 aromatic carbocycles. The number of nitrogens with one attached hydrogen (secondary N) is 1. The lowest BCUT2D eigenvalue weighted by Gasteiger charge is -2.09. The van der Waals surface area contributed by atoms with Crippen molar-refractivity contribution in [3.05, 3.63) is 17.5 Å². The van der Waals surface area contributed by atoms with Crippen molar-refractivity contribution in [3.8, 4) is 0 Å². The van der Waals surface area contributed by atoms with E-state index >= 15 is 0 Å². The topological polar surface area (TPSA) is 75.2 Å². The predicted molar refractivity (Wildman–Crippen MR) is 54.7 cm³/mol. The maximum Gasteiger partial charge on any atom is 0.179 e. The minimum Gasteiger partial charge on any atom is -0.396 e. The first-order valence-electron chi connectivity index (χ1n) is 4.94. The van der Waals surface area contributed by atoms with Crippen LogP contribution in [-0.4, -0.2) is 34.3 Å². The average Bonchev–Trinajstić information content (AvgIpc) is 2.66. The van der Waals surface area contributed by atoms with Gasteiger partial charge in [-0.15, -0.1) is 0 Å². The fourth-order valence-electron chi connectivity index (χ4n) is 1.14. The number of carbonyl (C=O) groups excluding carboxylic acids is 1. The summed E-state index contributed by atoms with van der Waals surface area (Å²) in [5, 5.41) is 15.2. The molecule has 0 aliphatic rings. The van der Waals surface area contributed by atoms with Crippen LogP contribution in [0.4, 0.5) is 0 Å². The van der Waals surface area contributed by atoms with Gasteiger partial charge in [0, 0.05) is 20.1 Å². The number of hydrogen-bond donors (Lipinski definition) is 2. The van der Waals surface area contributed by atoms with Crippen LogP contribution >= 0.6 is 0 Å². The maximum atomic E-state index is 11.0. The van der Waals surface area contributed by atoms with E-state index in [9.17, 15) is 4.79 Å². The predicted octanol–water partition coefficient (Wildman–Crippen LogP) is 1.07. The molecular weight excluding hydrogens is 196 g/mol. The number of carbonyl (C=O) groups is 1. The highest BCUT2D eigenvalue weighted by molar-refractivity contribution is 5.92. The van der Waals surface area contributed by atoms with Crippen molar-refractivity contribution >= 4 is 5.78 Å². The molecule has 1 rings (SSSR count). The number of rotatable bonds is 6. The number of H-pyrrole nitrogens is 1. The van der Waals surface area contributed by atoms with Gasteiger partial charge >= 0.3 is 0 Å². The summed E-state index contributed by atoms with van der Waals surface area (Å²) in [5.74, 6) is -0.0694. The summed E-state index contributed by atoms with van der Waals surface area (Å²) < 4.78 is 5.42. The zero-order valence-corrected chi connectivity index (χ0v) is 8.99. The molecule has 1 unspecified atom stereocenters. The molecule has 84 valence electrons. The van der Waals surface area contributed by atoms with E-state index < -0.39 is 0 Å². The molecule has 0 spiro atoms. The van der Waals surface area contributed by atoms with Crippen LogP contribution in [-0.2, 0) is 4.74 Å². The van der Waals surface area contributed by atoms with Crippen molar-refractivity contribution in [1.29, 1.82) is 0 Å². The van der Waals surface area contributed by atoms with Gasteiger partial charge in [-0.05, 0) is 19.4 Å². The summed E-state index contributed by atoms with van der Waals surface area (Å²) in [4.78, 5) is 11.0. The summed E-state index contributed by atoms with van der Waals surface area (Å²) >= 11 is 0. The number of ketones is 1. The molecule has 1 atom stereocenters. The molecule has 0 fully saturated rings. The molecule has 0 aliphatic carbocycles. The number of nitrogens with zero attached hydrogens (tertiary/aromatic N) is 1. The number of hydrogen-bond acceptors (Lipinski definition) is 4. The SMILES string of the molecule is CC(=O)c1cc(C(C)OCCCO)[nH]n1. The first-order valence-corrected chi connectivity index (χ1v) is 4.94. The van der Waals surface area contributed by atoms with Crippen LogP contribution in [0.3, 0.4) is 0 Å². The molecule has 1 aromatic rings. The third-order valence-electron chi connectivity index (χ3n) is 2.07. The zero-order valence-electron chi connectivity index (χ0n) is 8.99. The van der Waals surface area contributed by atoms with E-state index in [2.05, 4.69) is 10.2 Å². The van der Waals surface area contributed by atoms with Gasteiger partial charge in [0.05, 0.1) is 11.8 Å². The van der Waals surface area contributed by atoms with Crippen molar-refractivity contribution in [2.45, 2.75) is 26.4 Å². The Morgan fingerprint density at radius 3 is 3.00 bits per heavy atom. The molecule has 0 saturated heterocycles. The molecular formula is C10H16N2O3. The first kappa shape index (κ1) is 11.9. The smallest absolute Gasteiger partial charge is 0.179 e. The molecule has 0 saturated carbocycles. The van der Waals surface area contributed by atoms with E-state index in [1.54, 1.807) is 6.07 Å². The number of aliphatic hydroxyl groups is 1. The highest BCUT2D eigenvalue weighted by Gasteiger charge is 2.11. The summed E-state index contributed by atoms with van der Waals surface area (Å²) in [7, 11) is 0. The van der Waals surface area contributed by atoms with Crippen LogP contribution < -0.4 is 0 Å². The number of aliphatic hydroxyl groups excluding tert-OH is 1. The second-order valence-electron chi connectivity index (χ2n) is 3.35. The number of aromatic nitrogens is 2. The molecule has 0 aliphatic heterocycles. The van der Waals surface area contributed by atoms with Gasteiger partial charge in [-0.25, -0.2) is 0 Å². The van der Waals surface area contributed by atoms with Crippen molar-refractivity contribution in [2.24, 2.45) is 0 Å². The third-order valence-corrected chi connectivity index (χ3v) is 2.07. The van der Waals surface area contributed by atoms with E-state index in [0.29, 0.717) is 18.7 Å². The van der Waals surface area contributed by atoms with Gasteiger partial charge in [0.25, 0.3) is 0 Å². The Hall–Kier alpha value is -1.20. The summed E-state index contributed by atoms with van der Waals surface area (Å²) in [6.07, 6.45) is 0.468. The lowest BCUT2D eigenvalue weighted by atomic mass is 10.2. The van der Waals surface area contributed by atoms with Gasteiger partial charge in [-0.3, -0.25) is 9.89 Å². The van der Waals surface area contributed by atoms with E-state index in [0.717, 1.165) is 5.69 Å². The normalized spacial score (nSPS) is 12.7. The summed E-state index contributed by atoms with van der Waals surface area (Å²) in [6.45, 7) is 3.95. The average molecular weight is 212 g/mol. The quantitative estimate of drug-likeness (QED) is 0.546. The Morgan fingerprint density at radius 2 is 2.47 bits per heavy atom. The van der Waals surface area contributed by atoms with Gasteiger partial charge in [0.2, 0.25) is 0 Å².